The van der Waals surface area contributed by atoms with Crippen LogP contribution in [-0.4, -0.2) is 84.2 Å². The van der Waals surface area contributed by atoms with Crippen molar-refractivity contribution in [2.45, 2.75) is 33.0 Å². The third kappa shape index (κ3) is 5.58. The highest BCUT2D eigenvalue weighted by atomic mass is 35.5. The second-order valence-corrected chi connectivity index (χ2v) is 7.64. The van der Waals surface area contributed by atoms with E-state index >= 15 is 0 Å². The van der Waals surface area contributed by atoms with Crippen molar-refractivity contribution in [3.8, 4) is 5.88 Å². The van der Waals surface area contributed by atoms with Crippen molar-refractivity contribution in [3.63, 3.8) is 0 Å². The smallest absolute Gasteiger partial charge is 0.232 e. The zero-order chi connectivity index (χ0) is 22.4. The molecule has 172 valence electrons. The Morgan fingerprint density at radius 3 is 2.84 bits per heavy atom. The van der Waals surface area contributed by atoms with Crippen molar-refractivity contribution in [3.05, 3.63) is 23.1 Å². The Morgan fingerprint density at radius 1 is 1.32 bits per heavy atom. The maximum atomic E-state index is 6.71. The number of anilines is 1. The summed E-state index contributed by atoms with van der Waals surface area (Å²) in [5.74, 6) is 0.936. The van der Waals surface area contributed by atoms with Crippen LogP contribution in [0, 0.1) is 0 Å². The molecule has 3 N–H and O–H groups in total. The van der Waals surface area contributed by atoms with Crippen molar-refractivity contribution in [2.75, 3.05) is 52.4 Å². The first kappa shape index (κ1) is 23.6. The van der Waals surface area contributed by atoms with Crippen molar-refractivity contribution in [2.24, 2.45) is 0 Å². The Balaban J connectivity index is 1.77. The molecule has 2 atom stereocenters. The number of H-pyrrole nitrogens is 1. The fraction of sp³-hybridized carbons (Fsp3) is 0.600. The molecule has 0 radical (unpaired) electrons. The zero-order valence-corrected chi connectivity index (χ0v) is 19.5. The summed E-state index contributed by atoms with van der Waals surface area (Å²) in [6.45, 7) is 8.85. The zero-order valence-electron chi connectivity index (χ0n) is 18.7. The Hall–Kier alpha value is -2.11. The van der Waals surface area contributed by atoms with E-state index in [9.17, 15) is 0 Å². The van der Waals surface area contributed by atoms with Crippen LogP contribution in [0.15, 0.2) is 23.1 Å². The molecule has 10 nitrogen and oxygen atoms in total. The number of aromatic nitrogens is 3. The van der Waals surface area contributed by atoms with Crippen LogP contribution in [0.5, 0.6) is 5.88 Å². The van der Waals surface area contributed by atoms with Crippen LogP contribution < -0.4 is 15.5 Å². The van der Waals surface area contributed by atoms with Gasteiger partial charge in [0, 0.05) is 32.5 Å². The van der Waals surface area contributed by atoms with Gasteiger partial charge in [-0.2, -0.15) is 9.97 Å². The SMILES string of the molecule is CCOc1nc(NC2=C(Cl)N(C(CN(C)C(C)COC)OCC)NC2)nc2[nH]ccc12. The molecule has 0 spiro atoms. The molecule has 3 rings (SSSR count). The van der Waals surface area contributed by atoms with Gasteiger partial charge in [-0.3, -0.25) is 9.91 Å². The first-order valence-corrected chi connectivity index (χ1v) is 10.8. The van der Waals surface area contributed by atoms with Gasteiger partial charge in [-0.25, -0.2) is 5.43 Å². The second kappa shape index (κ2) is 11.0. The molecule has 3 heterocycles. The summed E-state index contributed by atoms with van der Waals surface area (Å²) >= 11 is 6.71. The van der Waals surface area contributed by atoms with Crippen molar-refractivity contribution in [1.29, 1.82) is 0 Å². The number of hydrazine groups is 1. The van der Waals surface area contributed by atoms with Crippen LogP contribution in [0.2, 0.25) is 0 Å². The minimum atomic E-state index is -0.271. The lowest BCUT2D eigenvalue weighted by Crippen LogP contribution is -2.49. The molecule has 0 fully saturated rings. The van der Waals surface area contributed by atoms with Gasteiger partial charge < -0.3 is 24.5 Å². The monoisotopic (exact) mass is 453 g/mol. The van der Waals surface area contributed by atoms with Crippen LogP contribution in [0.25, 0.3) is 11.0 Å². The van der Waals surface area contributed by atoms with Gasteiger partial charge in [0.2, 0.25) is 11.8 Å². The van der Waals surface area contributed by atoms with Gasteiger partial charge in [-0.15, -0.1) is 0 Å². The van der Waals surface area contributed by atoms with E-state index in [1.54, 1.807) is 7.11 Å². The van der Waals surface area contributed by atoms with Crippen LogP contribution >= 0.6 is 11.6 Å². The molecule has 0 aromatic carbocycles. The Morgan fingerprint density at radius 2 is 2.13 bits per heavy atom. The first-order valence-electron chi connectivity index (χ1n) is 10.5. The molecule has 11 heteroatoms. The Bertz CT molecular complexity index is 891. The molecule has 0 saturated carbocycles. The molecule has 0 amide bonds. The highest BCUT2D eigenvalue weighted by molar-refractivity contribution is 6.29. The number of halogens is 1. The Labute approximate surface area is 187 Å². The van der Waals surface area contributed by atoms with Gasteiger partial charge in [-0.05, 0) is 33.9 Å². The number of methoxy groups -OCH3 is 1. The van der Waals surface area contributed by atoms with Crippen molar-refractivity contribution < 1.29 is 14.2 Å². The molecule has 0 bridgehead atoms. The largest absolute Gasteiger partial charge is 0.477 e. The summed E-state index contributed by atoms with van der Waals surface area (Å²) in [5.41, 5.74) is 4.75. The van der Waals surface area contributed by atoms with E-state index in [1.807, 2.05) is 38.2 Å². The molecule has 2 unspecified atom stereocenters. The molecule has 0 saturated heterocycles. The molecule has 0 aliphatic carbocycles. The summed E-state index contributed by atoms with van der Waals surface area (Å²) in [5, 5.41) is 6.41. The van der Waals surface area contributed by atoms with E-state index in [2.05, 4.69) is 37.5 Å². The fourth-order valence-corrected chi connectivity index (χ4v) is 3.61. The van der Waals surface area contributed by atoms with Gasteiger partial charge in [0.1, 0.15) is 10.8 Å². The van der Waals surface area contributed by atoms with Crippen LogP contribution in [-0.2, 0) is 9.47 Å². The standard InChI is InChI=1S/C20H32ClN7O3/c1-6-30-16(11-27(4)13(3)12-29-5)28-17(21)15(10-23-28)24-20-25-18-14(8-9-22-18)19(26-20)31-7-2/h8-9,13,16,23H,6-7,10-12H2,1-5H3,(H2,22,24,25,26). The highest BCUT2D eigenvalue weighted by Crippen LogP contribution is 2.27. The number of hydrogen-bond donors (Lipinski definition) is 3. The van der Waals surface area contributed by atoms with Crippen LogP contribution in [0.4, 0.5) is 5.95 Å². The minimum absolute atomic E-state index is 0.244. The van der Waals surface area contributed by atoms with E-state index in [0.717, 1.165) is 11.1 Å². The van der Waals surface area contributed by atoms with Crippen molar-refractivity contribution in [1.82, 2.24) is 30.3 Å². The molecule has 31 heavy (non-hydrogen) atoms. The number of nitrogens with zero attached hydrogens (tertiary/aromatic N) is 4. The third-order valence-corrected chi connectivity index (χ3v) is 5.47. The number of hydrogen-bond acceptors (Lipinski definition) is 9. The maximum absolute atomic E-state index is 6.71. The van der Waals surface area contributed by atoms with E-state index < -0.39 is 0 Å². The molecule has 2 aromatic heterocycles. The third-order valence-electron chi connectivity index (χ3n) is 5.06. The predicted octanol–water partition coefficient (Wildman–Crippen LogP) is 2.33. The second-order valence-electron chi connectivity index (χ2n) is 7.28. The molecule has 1 aliphatic rings. The average Bonchev–Trinajstić information content (AvgIpc) is 3.35. The van der Waals surface area contributed by atoms with Crippen molar-refractivity contribution >= 4 is 28.6 Å². The Kier molecular flexibility index (Phi) is 8.33. The maximum Gasteiger partial charge on any atom is 0.232 e. The van der Waals surface area contributed by atoms with E-state index in [0.29, 0.717) is 55.5 Å². The van der Waals surface area contributed by atoms with Gasteiger partial charge in [0.15, 0.2) is 6.23 Å². The van der Waals surface area contributed by atoms with Gasteiger partial charge in [0.05, 0.1) is 30.8 Å². The highest BCUT2D eigenvalue weighted by Gasteiger charge is 2.30. The number of aromatic amines is 1. The van der Waals surface area contributed by atoms with E-state index in [-0.39, 0.29) is 12.3 Å². The lowest BCUT2D eigenvalue weighted by atomic mass is 10.3. The summed E-state index contributed by atoms with van der Waals surface area (Å²) in [4.78, 5) is 14.3. The number of likely N-dealkylation sites (N-methyl/N-ethyl adjacent to an activating group) is 1. The molecule has 1 aliphatic heterocycles. The summed E-state index contributed by atoms with van der Waals surface area (Å²) in [6, 6.07) is 2.14. The predicted molar refractivity (Wildman–Crippen MR) is 121 cm³/mol. The quantitative estimate of drug-likeness (QED) is 0.418. The lowest BCUT2D eigenvalue weighted by Gasteiger charge is -2.34. The van der Waals surface area contributed by atoms with E-state index in [1.165, 1.54) is 0 Å². The molecular weight excluding hydrogens is 422 g/mol. The first-order chi connectivity index (χ1) is 15.0. The van der Waals surface area contributed by atoms with Crippen LogP contribution in [0.1, 0.15) is 20.8 Å². The summed E-state index contributed by atoms with van der Waals surface area (Å²) in [7, 11) is 3.74. The van der Waals surface area contributed by atoms with Crippen LogP contribution in [0.3, 0.4) is 0 Å². The van der Waals surface area contributed by atoms with Gasteiger partial charge in [-0.1, -0.05) is 11.6 Å². The number of ether oxygens (including phenoxy) is 3. The summed E-state index contributed by atoms with van der Waals surface area (Å²) in [6.07, 6.45) is 1.54. The molecular formula is C20H32ClN7O3. The normalized spacial score (nSPS) is 16.4. The van der Waals surface area contributed by atoms with Gasteiger partial charge in [0.25, 0.3) is 0 Å². The minimum Gasteiger partial charge on any atom is -0.477 e. The lowest BCUT2D eigenvalue weighted by molar-refractivity contribution is -0.0716. The average molecular weight is 454 g/mol. The number of nitrogens with one attached hydrogen (secondary N) is 3. The fourth-order valence-electron chi connectivity index (χ4n) is 3.32. The topological polar surface area (TPSA) is 99.8 Å². The number of rotatable bonds is 12. The number of fused-ring (bicyclic) bond motifs is 1. The van der Waals surface area contributed by atoms with E-state index in [4.69, 9.17) is 25.8 Å². The molecule has 2 aromatic rings. The summed E-state index contributed by atoms with van der Waals surface area (Å²) < 4.78 is 16.9. The van der Waals surface area contributed by atoms with Gasteiger partial charge >= 0.3 is 0 Å².